The number of hydrogen-bond acceptors (Lipinski definition) is 14. The first-order valence-corrected chi connectivity index (χ1v) is 22.4. The van der Waals surface area contributed by atoms with Gasteiger partial charge in [0.2, 0.25) is 6.54 Å². The minimum atomic E-state index is -4.43. The molecule has 3 aromatic rings. The number of H-pyrrole nitrogens is 2. The number of para-hydroxylation sites is 1. The Hall–Kier alpha value is -3.50. The van der Waals surface area contributed by atoms with Crippen molar-refractivity contribution in [2.75, 3.05) is 33.5 Å². The van der Waals surface area contributed by atoms with Crippen LogP contribution in [-0.2, 0) is 37.1 Å². The summed E-state index contributed by atoms with van der Waals surface area (Å²) < 4.78 is 78.1. The Morgan fingerprint density at radius 2 is 1.50 bits per heavy atom. The number of hydrogen-bond donors (Lipinski definition) is 2. The Balaban J connectivity index is 1.56. The third-order valence-electron chi connectivity index (χ3n) is 9.86. The van der Waals surface area contributed by atoms with E-state index < -0.39 is 94.6 Å². The molecule has 2 aromatic heterocycles. The van der Waals surface area contributed by atoms with E-state index >= 15 is 4.57 Å². The van der Waals surface area contributed by atoms with Crippen molar-refractivity contribution in [3.05, 3.63) is 106 Å². The lowest BCUT2D eigenvalue weighted by Crippen LogP contribution is -2.41. The van der Waals surface area contributed by atoms with Crippen LogP contribution in [0.5, 0.6) is 5.75 Å². The van der Waals surface area contributed by atoms with Crippen LogP contribution in [0.4, 0.5) is 0 Å². The number of aryl methyl sites for hydroxylation is 2. The molecule has 0 spiro atoms. The molecule has 2 unspecified atom stereocenters. The van der Waals surface area contributed by atoms with Crippen LogP contribution in [-0.4, -0.2) is 106 Å². The first-order valence-electron chi connectivity index (χ1n) is 19.9. The second kappa shape index (κ2) is 20.6. The van der Waals surface area contributed by atoms with E-state index in [1.807, 2.05) is 32.4 Å². The maximum Gasteiger partial charge on any atom is 0.379 e. The highest BCUT2D eigenvalue weighted by Crippen LogP contribution is 2.56. The van der Waals surface area contributed by atoms with Crippen LogP contribution in [0.2, 0.25) is 5.02 Å². The van der Waals surface area contributed by atoms with E-state index in [0.29, 0.717) is 0 Å². The Bertz CT molecular complexity index is 2300. The van der Waals surface area contributed by atoms with Gasteiger partial charge < -0.3 is 37.4 Å². The number of nitrogens with zero attached hydrogens (tertiary/aromatic N) is 4. The van der Waals surface area contributed by atoms with Crippen molar-refractivity contribution in [2.45, 2.75) is 116 Å². The van der Waals surface area contributed by atoms with Crippen molar-refractivity contribution in [2.24, 2.45) is 0 Å². The van der Waals surface area contributed by atoms with Gasteiger partial charge in [0.15, 0.2) is 12.5 Å². The fraction of sp³-hybridized carbons (Fsp3) is 0.605. The maximum absolute atomic E-state index is 15.3. The summed E-state index contributed by atoms with van der Waals surface area (Å²) in [6, 6.07) is 6.18. The summed E-state index contributed by atoms with van der Waals surface area (Å²) in [7, 11) is -3.58. The number of aromatic amines is 2. The quantitative estimate of drug-likeness (QED) is 0.0931. The lowest BCUT2D eigenvalue weighted by molar-refractivity contribution is -0.0543. The monoisotopic (exact) mass is 899 g/mol. The third-order valence-corrected chi connectivity index (χ3v) is 14.1. The molecule has 2 aliphatic rings. The number of methoxy groups -OCH3 is 2. The van der Waals surface area contributed by atoms with Gasteiger partial charge in [0, 0.05) is 51.2 Å². The third kappa shape index (κ3) is 10.7. The zero-order valence-corrected chi connectivity index (χ0v) is 37.2. The molecule has 1 aromatic carbocycles. The summed E-state index contributed by atoms with van der Waals surface area (Å²) in [5, 5.41) is 0.123. The van der Waals surface area contributed by atoms with E-state index in [1.165, 1.54) is 51.1 Å². The predicted molar refractivity (Wildman–Crippen MR) is 223 cm³/mol. The van der Waals surface area contributed by atoms with Gasteiger partial charge in [-0.05, 0) is 67.0 Å². The molecule has 22 heteroatoms. The Morgan fingerprint density at radius 3 is 2.03 bits per heavy atom. The van der Waals surface area contributed by atoms with E-state index in [1.54, 1.807) is 18.2 Å². The maximum atomic E-state index is 15.3. The standard InChI is InChI=1S/C38H53ClN6O13P2/c1-21(2)45(22(3)4)59(53-17-16-40-8)56-30-28(55-36(32(30)52-10)44-20-24(6)34(47)42-38(44)49)15-18-60(50,57-27-14-12-11-13-26(27)39)58-29-25(7)54-35(31(29)51-9)43-19-23(5)33(46)41-37(43)48/h11-14,19-22,25,28-32,35-36H,15-18H2,1-7,9-10H3,(H,41,46,48)(H,42,47,49)/t25-,28-,29-,30-,31-,32-,35-,36-,59?,60?/m1/s1/i7D. The summed E-state index contributed by atoms with van der Waals surface area (Å²) in [4.78, 5) is 58.8. The van der Waals surface area contributed by atoms with Gasteiger partial charge in [0.05, 0.1) is 23.4 Å². The van der Waals surface area contributed by atoms with Crippen LogP contribution >= 0.6 is 27.7 Å². The van der Waals surface area contributed by atoms with Crippen LogP contribution in [0.3, 0.4) is 0 Å². The van der Waals surface area contributed by atoms with Crippen molar-refractivity contribution >= 4 is 27.7 Å². The van der Waals surface area contributed by atoms with E-state index in [2.05, 4.69) is 14.8 Å². The summed E-state index contributed by atoms with van der Waals surface area (Å²) in [6.07, 6.45) is -6.69. The molecule has 0 radical (unpaired) electrons. The number of aromatic nitrogens is 4. The minimum absolute atomic E-state index is 0.0242. The van der Waals surface area contributed by atoms with E-state index in [-0.39, 0.29) is 59.7 Å². The molecule has 0 aliphatic carbocycles. The van der Waals surface area contributed by atoms with Crippen molar-refractivity contribution in [1.82, 2.24) is 23.8 Å². The molecule has 330 valence electrons. The van der Waals surface area contributed by atoms with Crippen LogP contribution in [0.1, 0.15) is 66.0 Å². The molecular weight excluding hydrogens is 846 g/mol. The SMILES string of the molecule is [2H]C[C@H]1O[C@@H](n2cc(C)c(=O)[nH]c2=O)[C@H](OC)[C@@H]1OP(=O)(CC[C@H]1O[C@@H](n2cc(C)c(=O)[nH]c2=O)[C@H](OC)[C@@H]1OP(OCC[N+]#[C-])N(C(C)C)C(C)C)Oc1ccccc1Cl. The minimum Gasteiger partial charge on any atom is -0.423 e. The normalized spacial score (nSPS) is 26.0. The summed E-state index contributed by atoms with van der Waals surface area (Å²) in [5.74, 6) is 0.0242. The zero-order chi connectivity index (χ0) is 44.8. The van der Waals surface area contributed by atoms with Crippen molar-refractivity contribution in [3.63, 3.8) is 0 Å². The summed E-state index contributed by atoms with van der Waals surface area (Å²) >= 11 is 6.51. The van der Waals surface area contributed by atoms with Crippen LogP contribution < -0.4 is 27.0 Å². The topological polar surface area (TPSA) is 208 Å². The van der Waals surface area contributed by atoms with Gasteiger partial charge >= 0.3 is 19.0 Å². The number of halogens is 1. The van der Waals surface area contributed by atoms with Gasteiger partial charge in [-0.3, -0.25) is 33.2 Å². The summed E-state index contributed by atoms with van der Waals surface area (Å²) in [6.45, 7) is 18.0. The fourth-order valence-electron chi connectivity index (χ4n) is 7.06. The highest BCUT2D eigenvalue weighted by molar-refractivity contribution is 7.54. The average Bonchev–Trinajstić information content (AvgIpc) is 3.73. The second-order valence-corrected chi connectivity index (χ2v) is 18.7. The number of ether oxygens (including phenoxy) is 4. The largest absolute Gasteiger partial charge is 0.423 e. The van der Waals surface area contributed by atoms with E-state index in [0.717, 1.165) is 4.57 Å². The van der Waals surface area contributed by atoms with Crippen LogP contribution in [0, 0.1) is 20.4 Å². The molecule has 2 N–H and O–H groups in total. The number of benzene rings is 1. The molecule has 0 saturated carbocycles. The predicted octanol–water partition coefficient (Wildman–Crippen LogP) is 4.92. The van der Waals surface area contributed by atoms with Crippen molar-refractivity contribution in [3.8, 4) is 5.75 Å². The van der Waals surface area contributed by atoms with Crippen molar-refractivity contribution < 1.29 is 43.0 Å². The smallest absolute Gasteiger partial charge is 0.379 e. The molecule has 60 heavy (non-hydrogen) atoms. The first kappa shape index (κ1) is 46.0. The average molecular weight is 900 g/mol. The van der Waals surface area contributed by atoms with E-state index in [9.17, 15) is 19.2 Å². The molecule has 0 bridgehead atoms. The molecule has 19 nitrogen and oxygen atoms in total. The number of nitrogens with one attached hydrogen (secondary N) is 2. The highest BCUT2D eigenvalue weighted by atomic mass is 35.5. The molecule has 10 atom stereocenters. The number of rotatable bonds is 19. The van der Waals surface area contributed by atoms with Gasteiger partial charge in [-0.25, -0.2) is 25.4 Å². The molecule has 2 saturated heterocycles. The Morgan fingerprint density at radius 1 is 0.933 bits per heavy atom. The Kier molecular flexibility index (Phi) is 15.8. The lowest BCUT2D eigenvalue weighted by Gasteiger charge is -2.38. The molecule has 5 rings (SSSR count). The molecule has 2 fully saturated rings. The Labute approximate surface area is 354 Å². The van der Waals surface area contributed by atoms with Gasteiger partial charge in [0.25, 0.3) is 19.6 Å². The highest BCUT2D eigenvalue weighted by Gasteiger charge is 2.52. The fourth-order valence-corrected chi connectivity index (χ4v) is 10.9. The van der Waals surface area contributed by atoms with Crippen molar-refractivity contribution in [1.29, 1.82) is 0 Å². The lowest BCUT2D eigenvalue weighted by atomic mass is 10.1. The zero-order valence-electron chi connectivity index (χ0n) is 35.6. The van der Waals surface area contributed by atoms with Gasteiger partial charge in [-0.1, -0.05) is 23.7 Å². The second-order valence-electron chi connectivity index (χ2n) is 14.8. The van der Waals surface area contributed by atoms with Gasteiger partial charge in [-0.15, -0.1) is 0 Å². The van der Waals surface area contributed by atoms with Crippen LogP contribution in [0.15, 0.2) is 55.8 Å². The molecule has 4 heterocycles. The molecular formula is C38H53ClN6O13P2. The van der Waals surface area contributed by atoms with Gasteiger partial charge in [-0.2, -0.15) is 0 Å². The molecule has 0 amide bonds. The van der Waals surface area contributed by atoms with E-state index in [4.69, 9.17) is 56.6 Å². The first-order chi connectivity index (χ1) is 29.0. The van der Waals surface area contributed by atoms with Gasteiger partial charge in [0.1, 0.15) is 36.8 Å². The van der Waals surface area contributed by atoms with Crippen LogP contribution in [0.25, 0.3) is 4.85 Å². The molecule has 2 aliphatic heterocycles. The summed E-state index contributed by atoms with van der Waals surface area (Å²) in [5.41, 5.74) is -2.28.